The standard InChI is InChI=1S/C36H49FN4O8/c1-2-42-15-16-45-19-20-47-23-24-48-22-21-46-18-17-44-14-11-41-33-7-8-40(27-31(33)30-5-3-28(37)25-34(30)41)29-4-6-35-32(26-29)38-36(49-35)39-9-12-43-13-10-39/h3-6,25-26H,2,7-24,27H2,1H3. The molecule has 0 saturated carbocycles. The molecule has 4 heterocycles. The summed E-state index contributed by atoms with van der Waals surface area (Å²) in [5.74, 6) is -0.238. The van der Waals surface area contributed by atoms with Gasteiger partial charge in [-0.15, -0.1) is 0 Å². The first-order chi connectivity index (χ1) is 24.2. The monoisotopic (exact) mass is 684 g/mol. The molecule has 0 bridgehead atoms. The Hall–Kier alpha value is -3.30. The van der Waals surface area contributed by atoms with Crippen LogP contribution in [0.3, 0.4) is 0 Å². The summed E-state index contributed by atoms with van der Waals surface area (Å²) < 4.78 is 61.4. The highest BCUT2D eigenvalue weighted by atomic mass is 19.1. The summed E-state index contributed by atoms with van der Waals surface area (Å²) in [6.45, 7) is 13.6. The zero-order valence-electron chi connectivity index (χ0n) is 28.5. The molecule has 1 saturated heterocycles. The topological polar surface area (TPSA) is 102 Å². The number of anilines is 2. The van der Waals surface area contributed by atoms with Crippen molar-refractivity contribution in [2.45, 2.75) is 26.4 Å². The maximum absolute atomic E-state index is 14.4. The van der Waals surface area contributed by atoms with Gasteiger partial charge in [0.1, 0.15) is 11.3 Å². The van der Waals surface area contributed by atoms with Crippen molar-refractivity contribution >= 4 is 33.7 Å². The summed E-state index contributed by atoms with van der Waals surface area (Å²) in [5, 5.41) is 1.08. The molecule has 0 N–H and O–H groups in total. The third-order valence-corrected chi connectivity index (χ3v) is 8.75. The fraction of sp³-hybridized carbons (Fsp3) is 0.583. The van der Waals surface area contributed by atoms with Gasteiger partial charge in [-0.1, -0.05) is 0 Å². The summed E-state index contributed by atoms with van der Waals surface area (Å²) >= 11 is 0. The quantitative estimate of drug-likeness (QED) is 0.117. The lowest BCUT2D eigenvalue weighted by Crippen LogP contribution is -2.36. The van der Waals surface area contributed by atoms with Gasteiger partial charge in [0, 0.05) is 68.1 Å². The Bertz CT molecular complexity index is 1590. The van der Waals surface area contributed by atoms with Crippen LogP contribution in [0.2, 0.25) is 0 Å². The minimum absolute atomic E-state index is 0.238. The Morgan fingerprint density at radius 2 is 1.39 bits per heavy atom. The van der Waals surface area contributed by atoms with Crippen molar-refractivity contribution in [2.24, 2.45) is 0 Å². The number of halogens is 1. The van der Waals surface area contributed by atoms with Gasteiger partial charge in [0.15, 0.2) is 5.58 Å². The summed E-state index contributed by atoms with van der Waals surface area (Å²) in [6.07, 6.45) is 0.845. The van der Waals surface area contributed by atoms with Gasteiger partial charge in [0.05, 0.1) is 91.4 Å². The number of rotatable bonds is 21. The average Bonchev–Trinajstić information content (AvgIpc) is 3.69. The maximum Gasteiger partial charge on any atom is 0.298 e. The minimum Gasteiger partial charge on any atom is -0.423 e. The van der Waals surface area contributed by atoms with Crippen molar-refractivity contribution in [2.75, 3.05) is 122 Å². The van der Waals surface area contributed by atoms with E-state index in [2.05, 4.69) is 26.5 Å². The number of benzene rings is 2. The van der Waals surface area contributed by atoms with Crippen molar-refractivity contribution in [3.8, 4) is 0 Å². The van der Waals surface area contributed by atoms with Crippen LogP contribution < -0.4 is 9.80 Å². The van der Waals surface area contributed by atoms with Crippen molar-refractivity contribution in [1.29, 1.82) is 0 Å². The van der Waals surface area contributed by atoms with Crippen LogP contribution in [0.25, 0.3) is 22.0 Å². The van der Waals surface area contributed by atoms with Gasteiger partial charge in [0.25, 0.3) is 6.01 Å². The second-order valence-electron chi connectivity index (χ2n) is 11.9. The molecular weight excluding hydrogens is 635 g/mol. The second kappa shape index (κ2) is 18.6. The fourth-order valence-corrected chi connectivity index (χ4v) is 6.29. The lowest BCUT2D eigenvalue weighted by Gasteiger charge is -2.30. The van der Waals surface area contributed by atoms with E-state index in [4.69, 9.17) is 42.6 Å². The zero-order valence-corrected chi connectivity index (χ0v) is 28.5. The van der Waals surface area contributed by atoms with E-state index in [1.165, 1.54) is 11.3 Å². The molecule has 4 aromatic rings. The second-order valence-corrected chi connectivity index (χ2v) is 11.9. The average molecular weight is 685 g/mol. The van der Waals surface area contributed by atoms with Crippen LogP contribution in [0.15, 0.2) is 40.8 Å². The largest absolute Gasteiger partial charge is 0.423 e. The number of ether oxygens (including phenoxy) is 7. The molecule has 0 unspecified atom stereocenters. The highest BCUT2D eigenvalue weighted by molar-refractivity contribution is 5.87. The van der Waals surface area contributed by atoms with Crippen molar-refractivity contribution in [3.05, 3.63) is 53.5 Å². The van der Waals surface area contributed by atoms with Crippen molar-refractivity contribution < 1.29 is 42.0 Å². The van der Waals surface area contributed by atoms with E-state index in [-0.39, 0.29) is 5.82 Å². The molecule has 2 aromatic heterocycles. The number of hydrogen-bond donors (Lipinski definition) is 0. The van der Waals surface area contributed by atoms with Gasteiger partial charge in [-0.3, -0.25) is 0 Å². The number of oxazole rings is 1. The number of nitrogens with zero attached hydrogens (tertiary/aromatic N) is 4. The Balaban J connectivity index is 0.928. The molecule has 0 amide bonds. The molecule has 0 radical (unpaired) electrons. The lowest BCUT2D eigenvalue weighted by atomic mass is 10.0. The molecule has 2 aliphatic rings. The first kappa shape index (κ1) is 35.5. The molecule has 2 aliphatic heterocycles. The van der Waals surface area contributed by atoms with E-state index >= 15 is 0 Å². The predicted octanol–water partition coefficient (Wildman–Crippen LogP) is 4.44. The van der Waals surface area contributed by atoms with Crippen LogP contribution in [0, 0.1) is 5.82 Å². The normalized spacial score (nSPS) is 15.1. The molecule has 0 atom stereocenters. The first-order valence-electron chi connectivity index (χ1n) is 17.5. The predicted molar refractivity (Wildman–Crippen MR) is 184 cm³/mol. The van der Waals surface area contributed by atoms with E-state index in [0.717, 1.165) is 60.3 Å². The highest BCUT2D eigenvalue weighted by Crippen LogP contribution is 2.35. The Kier molecular flexibility index (Phi) is 13.5. The van der Waals surface area contributed by atoms with Crippen LogP contribution in [0.5, 0.6) is 0 Å². The van der Waals surface area contributed by atoms with Gasteiger partial charge in [-0.2, -0.15) is 4.98 Å². The van der Waals surface area contributed by atoms with E-state index < -0.39 is 0 Å². The van der Waals surface area contributed by atoms with E-state index in [0.29, 0.717) is 105 Å². The molecule has 268 valence electrons. The lowest BCUT2D eigenvalue weighted by molar-refractivity contribution is -0.0164. The summed E-state index contributed by atoms with van der Waals surface area (Å²) in [6, 6.07) is 11.9. The van der Waals surface area contributed by atoms with Gasteiger partial charge in [0.2, 0.25) is 0 Å². The van der Waals surface area contributed by atoms with Crippen molar-refractivity contribution in [3.63, 3.8) is 0 Å². The number of aromatic nitrogens is 2. The van der Waals surface area contributed by atoms with Crippen LogP contribution >= 0.6 is 0 Å². The summed E-state index contributed by atoms with van der Waals surface area (Å²) in [4.78, 5) is 9.28. The van der Waals surface area contributed by atoms with E-state index in [9.17, 15) is 4.39 Å². The van der Waals surface area contributed by atoms with Crippen molar-refractivity contribution in [1.82, 2.24) is 9.55 Å². The molecule has 13 heteroatoms. The molecule has 0 spiro atoms. The van der Waals surface area contributed by atoms with Crippen LogP contribution in [-0.4, -0.2) is 122 Å². The number of hydrogen-bond acceptors (Lipinski definition) is 11. The fourth-order valence-electron chi connectivity index (χ4n) is 6.29. The van der Waals surface area contributed by atoms with Gasteiger partial charge in [-0.25, -0.2) is 4.39 Å². The zero-order chi connectivity index (χ0) is 33.7. The molecular formula is C36H49FN4O8. The third kappa shape index (κ3) is 9.69. The Morgan fingerprint density at radius 1 is 0.735 bits per heavy atom. The van der Waals surface area contributed by atoms with Crippen LogP contribution in [0.4, 0.5) is 16.1 Å². The van der Waals surface area contributed by atoms with Crippen LogP contribution in [-0.2, 0) is 52.7 Å². The molecule has 2 aromatic carbocycles. The molecule has 12 nitrogen and oxygen atoms in total. The minimum atomic E-state index is -0.238. The number of morpholine rings is 1. The Labute approximate surface area is 286 Å². The molecule has 6 rings (SSSR count). The summed E-state index contributed by atoms with van der Waals surface area (Å²) in [5.41, 5.74) is 6.10. The van der Waals surface area contributed by atoms with E-state index in [1.54, 1.807) is 12.1 Å². The first-order valence-corrected chi connectivity index (χ1v) is 17.5. The SMILES string of the molecule is CCOCCOCCOCCOCCOCCOCCn1c2c(c3ccc(F)cc31)CN(c1ccc3oc(N4CCOCC4)nc3c1)CC2. The van der Waals surface area contributed by atoms with E-state index in [1.807, 2.05) is 19.1 Å². The smallest absolute Gasteiger partial charge is 0.298 e. The third-order valence-electron chi connectivity index (χ3n) is 8.75. The van der Waals surface area contributed by atoms with Crippen LogP contribution in [0.1, 0.15) is 18.2 Å². The maximum atomic E-state index is 14.4. The van der Waals surface area contributed by atoms with Gasteiger partial charge < -0.3 is 51.9 Å². The number of fused-ring (bicyclic) bond motifs is 4. The highest BCUT2D eigenvalue weighted by Gasteiger charge is 2.25. The Morgan fingerprint density at radius 3 is 2.06 bits per heavy atom. The molecule has 1 fully saturated rings. The molecule has 0 aliphatic carbocycles. The summed E-state index contributed by atoms with van der Waals surface area (Å²) in [7, 11) is 0. The molecule has 49 heavy (non-hydrogen) atoms. The van der Waals surface area contributed by atoms with Gasteiger partial charge in [-0.05, 0) is 43.3 Å². The van der Waals surface area contributed by atoms with Gasteiger partial charge >= 0.3 is 0 Å².